The molecule has 0 saturated heterocycles. The van der Waals surface area contributed by atoms with Gasteiger partial charge in [0.05, 0.1) is 39.1 Å². The van der Waals surface area contributed by atoms with Gasteiger partial charge in [-0.1, -0.05) is 74.9 Å². The zero-order valence-electron chi connectivity index (χ0n) is 28.1. The molecule has 9 heteroatoms. The number of aliphatic hydroxyl groups is 1. The molecule has 47 heavy (non-hydrogen) atoms. The number of ketones is 1. The lowest BCUT2D eigenvalue weighted by atomic mass is 9.71. The molecule has 0 saturated carbocycles. The molecule has 0 spiro atoms. The SMILES string of the molecule is C=CC[C@H]1C(=O)C(C)(C)[C@@H](O)CC(=O)O[C@H](c2ccc3sc(C)nc3c2)CC=C(C)CCC[C@H](C)[C@@H]1OC(=O)OCc1ccccc1. The van der Waals surface area contributed by atoms with Gasteiger partial charge in [-0.25, -0.2) is 9.78 Å². The lowest BCUT2D eigenvalue weighted by Crippen LogP contribution is -2.47. The molecular formula is C38H47NO7S. The van der Waals surface area contributed by atoms with Crippen LogP contribution in [0.4, 0.5) is 4.79 Å². The van der Waals surface area contributed by atoms with E-state index in [2.05, 4.69) is 17.6 Å². The molecule has 1 N–H and O–H groups in total. The van der Waals surface area contributed by atoms with Gasteiger partial charge < -0.3 is 19.3 Å². The predicted octanol–water partition coefficient (Wildman–Crippen LogP) is 8.61. The molecular weight excluding hydrogens is 614 g/mol. The van der Waals surface area contributed by atoms with E-state index in [0.29, 0.717) is 12.8 Å². The van der Waals surface area contributed by atoms with Gasteiger partial charge in [-0.2, -0.15) is 0 Å². The first-order chi connectivity index (χ1) is 22.4. The molecule has 0 unspecified atom stereocenters. The Morgan fingerprint density at radius 1 is 1.17 bits per heavy atom. The Bertz CT molecular complexity index is 1580. The second kappa shape index (κ2) is 16.3. The Morgan fingerprint density at radius 3 is 2.64 bits per heavy atom. The molecule has 0 amide bonds. The minimum Gasteiger partial charge on any atom is -0.457 e. The van der Waals surface area contributed by atoms with Crippen LogP contribution >= 0.6 is 11.3 Å². The van der Waals surface area contributed by atoms with Gasteiger partial charge in [-0.05, 0) is 68.7 Å². The van der Waals surface area contributed by atoms with Gasteiger partial charge in [0.25, 0.3) is 0 Å². The van der Waals surface area contributed by atoms with Crippen LogP contribution < -0.4 is 0 Å². The number of thiazole rings is 1. The fraction of sp³-hybridized carbons (Fsp3) is 0.474. The van der Waals surface area contributed by atoms with Crippen molar-refractivity contribution in [2.24, 2.45) is 17.3 Å². The predicted molar refractivity (Wildman–Crippen MR) is 184 cm³/mol. The van der Waals surface area contributed by atoms with Crippen LogP contribution in [0.15, 0.2) is 72.8 Å². The summed E-state index contributed by atoms with van der Waals surface area (Å²) in [6.45, 7) is 13.1. The van der Waals surface area contributed by atoms with Crippen LogP contribution in [0, 0.1) is 24.2 Å². The number of Topliss-reactive ketones (excluding diaryl/α,β-unsaturated/α-hetero) is 1. The summed E-state index contributed by atoms with van der Waals surface area (Å²) in [5, 5.41) is 12.3. The first-order valence-electron chi connectivity index (χ1n) is 16.3. The molecule has 1 aromatic heterocycles. The molecule has 2 aromatic carbocycles. The number of allylic oxidation sites excluding steroid dienone is 2. The van der Waals surface area contributed by atoms with E-state index in [-0.39, 0.29) is 31.1 Å². The topological polar surface area (TPSA) is 112 Å². The normalized spacial score (nSPS) is 24.6. The van der Waals surface area contributed by atoms with Gasteiger partial charge in [0.1, 0.15) is 24.6 Å². The number of cyclic esters (lactones) is 1. The van der Waals surface area contributed by atoms with E-state index in [0.717, 1.165) is 44.8 Å². The molecule has 252 valence electrons. The molecule has 2 heterocycles. The fourth-order valence-electron chi connectivity index (χ4n) is 6.08. The molecule has 0 fully saturated rings. The summed E-state index contributed by atoms with van der Waals surface area (Å²) in [5.41, 5.74) is 2.26. The third-order valence-electron chi connectivity index (χ3n) is 9.05. The molecule has 1 aliphatic heterocycles. The lowest BCUT2D eigenvalue weighted by molar-refractivity contribution is -0.156. The number of aliphatic hydroxyl groups excluding tert-OH is 1. The number of carbonyl (C=O) groups excluding carboxylic acids is 3. The molecule has 3 aromatic rings. The Kier molecular flexibility index (Phi) is 12.5. The average molecular weight is 662 g/mol. The number of esters is 1. The smallest absolute Gasteiger partial charge is 0.457 e. The zero-order chi connectivity index (χ0) is 34.1. The minimum absolute atomic E-state index is 0.0371. The monoisotopic (exact) mass is 661 g/mol. The van der Waals surface area contributed by atoms with Crippen molar-refractivity contribution in [3.05, 3.63) is 89.0 Å². The van der Waals surface area contributed by atoms with E-state index < -0.39 is 41.8 Å². The zero-order valence-corrected chi connectivity index (χ0v) is 28.9. The van der Waals surface area contributed by atoms with Gasteiger partial charge in [0, 0.05) is 6.42 Å². The van der Waals surface area contributed by atoms with Crippen molar-refractivity contribution in [3.63, 3.8) is 0 Å². The average Bonchev–Trinajstić information content (AvgIpc) is 3.42. The number of fused-ring (bicyclic) bond motifs is 1. The summed E-state index contributed by atoms with van der Waals surface area (Å²) in [6, 6.07) is 15.2. The van der Waals surface area contributed by atoms with Gasteiger partial charge in [0.2, 0.25) is 0 Å². The number of hydrogen-bond acceptors (Lipinski definition) is 9. The molecule has 0 aliphatic carbocycles. The largest absolute Gasteiger partial charge is 0.508 e. The van der Waals surface area contributed by atoms with E-state index in [1.165, 1.54) is 0 Å². The van der Waals surface area contributed by atoms with Gasteiger partial charge >= 0.3 is 12.1 Å². The van der Waals surface area contributed by atoms with Crippen molar-refractivity contribution in [1.29, 1.82) is 0 Å². The van der Waals surface area contributed by atoms with E-state index in [4.69, 9.17) is 14.2 Å². The van der Waals surface area contributed by atoms with E-state index in [1.54, 1.807) is 31.3 Å². The first kappa shape index (κ1) is 36.0. The Morgan fingerprint density at radius 2 is 1.91 bits per heavy atom. The quantitative estimate of drug-likeness (QED) is 0.207. The molecule has 1 aliphatic rings. The van der Waals surface area contributed by atoms with Crippen LogP contribution in [0.1, 0.15) is 88.5 Å². The van der Waals surface area contributed by atoms with Crippen molar-refractivity contribution in [2.75, 3.05) is 0 Å². The van der Waals surface area contributed by atoms with Crippen LogP contribution in [0.5, 0.6) is 0 Å². The van der Waals surface area contributed by atoms with Crippen LogP contribution in [0.3, 0.4) is 0 Å². The van der Waals surface area contributed by atoms with Gasteiger partial charge in [-0.3, -0.25) is 9.59 Å². The van der Waals surface area contributed by atoms with Crippen molar-refractivity contribution in [1.82, 2.24) is 4.98 Å². The summed E-state index contributed by atoms with van der Waals surface area (Å²) in [7, 11) is 0. The van der Waals surface area contributed by atoms with Crippen LogP contribution in [0.2, 0.25) is 0 Å². The fourth-order valence-corrected chi connectivity index (χ4v) is 6.89. The molecule has 0 bridgehead atoms. The standard InChI is InChI=1S/C38H47NO7S/c1-7-12-29-35(46-37(43)44-23-27-15-9-8-10-16-27)25(3)14-11-13-24(2)17-19-31(28-18-20-32-30(21-28)39-26(4)47-32)45-34(41)22-33(40)38(5,6)36(29)42/h7-10,15-18,20-21,25,29,31,33,35,40H,1,11-14,19,22-23H2,2-6H3/t25-,29+,31-,33-,35-/m0/s1. The number of benzene rings is 2. The van der Waals surface area contributed by atoms with Crippen molar-refractivity contribution in [2.45, 2.75) is 98.1 Å². The van der Waals surface area contributed by atoms with E-state index >= 15 is 0 Å². The molecule has 8 nitrogen and oxygen atoms in total. The van der Waals surface area contributed by atoms with Crippen LogP contribution in [-0.2, 0) is 30.4 Å². The highest BCUT2D eigenvalue weighted by atomic mass is 32.1. The van der Waals surface area contributed by atoms with Crippen molar-refractivity contribution >= 4 is 39.5 Å². The number of aryl methyl sites for hydroxylation is 1. The maximum Gasteiger partial charge on any atom is 0.508 e. The second-order valence-electron chi connectivity index (χ2n) is 13.1. The Balaban J connectivity index is 1.60. The number of carbonyl (C=O) groups is 3. The second-order valence-corrected chi connectivity index (χ2v) is 14.4. The van der Waals surface area contributed by atoms with Crippen molar-refractivity contribution in [3.8, 4) is 0 Å². The van der Waals surface area contributed by atoms with E-state index in [1.807, 2.05) is 69.3 Å². The molecule has 5 atom stereocenters. The highest BCUT2D eigenvalue weighted by molar-refractivity contribution is 7.18. The number of aromatic nitrogens is 1. The summed E-state index contributed by atoms with van der Waals surface area (Å²) in [4.78, 5) is 45.2. The number of hydrogen-bond donors (Lipinski definition) is 1. The van der Waals surface area contributed by atoms with Gasteiger partial charge in [-0.15, -0.1) is 17.9 Å². The number of nitrogens with zero attached hydrogens (tertiary/aromatic N) is 1. The summed E-state index contributed by atoms with van der Waals surface area (Å²) < 4.78 is 18.4. The van der Waals surface area contributed by atoms with Crippen LogP contribution in [-0.4, -0.2) is 40.2 Å². The summed E-state index contributed by atoms with van der Waals surface area (Å²) >= 11 is 1.61. The van der Waals surface area contributed by atoms with Crippen LogP contribution in [0.25, 0.3) is 10.2 Å². The lowest BCUT2D eigenvalue weighted by Gasteiger charge is -2.37. The van der Waals surface area contributed by atoms with Crippen molar-refractivity contribution < 1.29 is 33.7 Å². The third-order valence-corrected chi connectivity index (χ3v) is 10.0. The maximum absolute atomic E-state index is 14.2. The first-order valence-corrected chi connectivity index (χ1v) is 17.1. The summed E-state index contributed by atoms with van der Waals surface area (Å²) in [5.74, 6) is -1.94. The Labute approximate surface area is 281 Å². The van der Waals surface area contributed by atoms with Gasteiger partial charge in [0.15, 0.2) is 0 Å². The number of ether oxygens (including phenoxy) is 3. The number of rotatable bonds is 6. The highest BCUT2D eigenvalue weighted by Gasteiger charge is 2.45. The van der Waals surface area contributed by atoms with E-state index in [9.17, 15) is 19.5 Å². The third kappa shape index (κ3) is 9.61. The summed E-state index contributed by atoms with van der Waals surface area (Å²) in [6.07, 6.45) is 2.66. The minimum atomic E-state index is -1.36. The maximum atomic E-state index is 14.2. The molecule has 0 radical (unpaired) electrons. The molecule has 4 rings (SSSR count). The Hall–Kier alpha value is -3.82. The highest BCUT2D eigenvalue weighted by Crippen LogP contribution is 2.36.